The molecule has 0 heterocycles. The van der Waals surface area contributed by atoms with E-state index in [-0.39, 0.29) is 0 Å². The van der Waals surface area contributed by atoms with Gasteiger partial charge in [-0.2, -0.15) is 0 Å². The number of nitrogens with one attached hydrogen (secondary N) is 1. The van der Waals surface area contributed by atoms with Crippen LogP contribution >= 0.6 is 11.6 Å². The summed E-state index contributed by atoms with van der Waals surface area (Å²) in [4.78, 5) is 11.2. The maximum atomic E-state index is 11.2. The average Bonchev–Trinajstić information content (AvgIpc) is 2.63. The summed E-state index contributed by atoms with van der Waals surface area (Å²) in [6.45, 7) is 2.28. The molecule has 1 aromatic rings. The predicted octanol–water partition coefficient (Wildman–Crippen LogP) is 4.21. The number of primary amides is 1. The summed E-state index contributed by atoms with van der Waals surface area (Å²) < 4.78 is 0. The van der Waals surface area contributed by atoms with Crippen molar-refractivity contribution in [2.75, 3.05) is 5.32 Å². The van der Waals surface area contributed by atoms with Gasteiger partial charge >= 0.3 is 0 Å². The number of hydrogen-bond donors (Lipinski definition) is 2. The van der Waals surface area contributed by atoms with E-state index in [1.54, 1.807) is 12.1 Å². The fraction of sp³-hybridized carbons (Fsp3) is 0.562. The first-order chi connectivity index (χ1) is 9.60. The number of nitrogens with two attached hydrogens (primary N) is 1. The van der Waals surface area contributed by atoms with E-state index in [0.29, 0.717) is 16.6 Å². The van der Waals surface area contributed by atoms with E-state index in [2.05, 4.69) is 12.2 Å². The molecule has 3 nitrogen and oxygen atoms in total. The Balaban J connectivity index is 1.99. The summed E-state index contributed by atoms with van der Waals surface area (Å²) in [5.41, 5.74) is 6.61. The van der Waals surface area contributed by atoms with Crippen LogP contribution in [0.4, 0.5) is 5.69 Å². The van der Waals surface area contributed by atoms with Crippen LogP contribution in [0.1, 0.15) is 55.8 Å². The minimum atomic E-state index is -0.484. The molecular formula is C16H23ClN2O. The van der Waals surface area contributed by atoms with Crippen molar-refractivity contribution in [3.05, 3.63) is 28.8 Å². The number of halogens is 1. The third-order valence-corrected chi connectivity index (χ3v) is 4.58. The molecule has 1 fully saturated rings. The third kappa shape index (κ3) is 3.89. The van der Waals surface area contributed by atoms with Gasteiger partial charge in [-0.15, -0.1) is 0 Å². The van der Waals surface area contributed by atoms with Crippen LogP contribution in [-0.2, 0) is 0 Å². The zero-order valence-electron chi connectivity index (χ0n) is 12.0. The van der Waals surface area contributed by atoms with Crippen molar-refractivity contribution in [3.63, 3.8) is 0 Å². The van der Waals surface area contributed by atoms with E-state index < -0.39 is 5.91 Å². The van der Waals surface area contributed by atoms with Gasteiger partial charge in [0.25, 0.3) is 0 Å². The molecule has 0 saturated heterocycles. The largest absolute Gasteiger partial charge is 0.382 e. The Kier molecular flexibility index (Phi) is 5.30. The molecule has 1 aliphatic rings. The van der Waals surface area contributed by atoms with E-state index in [4.69, 9.17) is 17.3 Å². The first kappa shape index (κ1) is 15.2. The second-order valence-electron chi connectivity index (χ2n) is 5.68. The summed E-state index contributed by atoms with van der Waals surface area (Å²) >= 11 is 6.08. The molecule has 110 valence electrons. The lowest BCUT2D eigenvalue weighted by Crippen LogP contribution is -2.19. The van der Waals surface area contributed by atoms with Crippen LogP contribution in [0.25, 0.3) is 0 Å². The topological polar surface area (TPSA) is 55.1 Å². The van der Waals surface area contributed by atoms with Gasteiger partial charge in [-0.25, -0.2) is 0 Å². The molecule has 2 rings (SSSR count). The number of hydrogen-bond acceptors (Lipinski definition) is 2. The summed E-state index contributed by atoms with van der Waals surface area (Å²) in [5.74, 6) is 0.393. The van der Waals surface area contributed by atoms with E-state index in [9.17, 15) is 4.79 Å². The van der Waals surface area contributed by atoms with Crippen LogP contribution in [0.5, 0.6) is 0 Å². The first-order valence-electron chi connectivity index (χ1n) is 7.46. The average molecular weight is 295 g/mol. The molecule has 1 saturated carbocycles. The Morgan fingerprint density at radius 2 is 2.15 bits per heavy atom. The van der Waals surface area contributed by atoms with E-state index in [1.807, 2.05) is 6.07 Å². The van der Waals surface area contributed by atoms with Crippen molar-refractivity contribution >= 4 is 23.2 Å². The van der Waals surface area contributed by atoms with Gasteiger partial charge in [0.1, 0.15) is 0 Å². The lowest BCUT2D eigenvalue weighted by atomic mass is 9.98. The molecule has 20 heavy (non-hydrogen) atoms. The molecule has 0 radical (unpaired) electrons. The van der Waals surface area contributed by atoms with Gasteiger partial charge < -0.3 is 11.1 Å². The van der Waals surface area contributed by atoms with Gasteiger partial charge in [0.15, 0.2) is 0 Å². The maximum absolute atomic E-state index is 11.2. The molecule has 1 aromatic carbocycles. The number of benzene rings is 1. The molecule has 0 spiro atoms. The highest BCUT2D eigenvalue weighted by atomic mass is 35.5. The van der Waals surface area contributed by atoms with Gasteiger partial charge in [0.05, 0.1) is 10.6 Å². The lowest BCUT2D eigenvalue weighted by Gasteiger charge is -2.18. The van der Waals surface area contributed by atoms with Gasteiger partial charge in [-0.1, -0.05) is 37.8 Å². The van der Waals surface area contributed by atoms with Crippen LogP contribution in [0.3, 0.4) is 0 Å². The number of rotatable bonds is 4. The van der Waals surface area contributed by atoms with Crippen molar-refractivity contribution in [2.45, 2.75) is 51.5 Å². The van der Waals surface area contributed by atoms with Gasteiger partial charge in [-0.3, -0.25) is 4.79 Å². The highest BCUT2D eigenvalue weighted by Crippen LogP contribution is 2.28. The number of carbonyl (C=O) groups is 1. The summed E-state index contributed by atoms with van der Waals surface area (Å²) in [5, 5.41) is 3.95. The highest BCUT2D eigenvalue weighted by molar-refractivity contribution is 6.34. The molecule has 4 heteroatoms. The molecule has 2 unspecified atom stereocenters. The molecule has 0 aliphatic heterocycles. The fourth-order valence-corrected chi connectivity index (χ4v) is 3.25. The van der Waals surface area contributed by atoms with E-state index >= 15 is 0 Å². The lowest BCUT2D eigenvalue weighted by molar-refractivity contribution is 0.100. The minimum Gasteiger partial charge on any atom is -0.382 e. The number of carbonyl (C=O) groups excluding carboxylic acids is 1. The first-order valence-corrected chi connectivity index (χ1v) is 7.83. The number of amides is 1. The smallest absolute Gasteiger partial charge is 0.250 e. The fourth-order valence-electron chi connectivity index (χ4n) is 2.97. The zero-order valence-corrected chi connectivity index (χ0v) is 12.7. The van der Waals surface area contributed by atoms with Crippen LogP contribution < -0.4 is 11.1 Å². The Labute approximate surface area is 125 Å². The van der Waals surface area contributed by atoms with E-state index in [1.165, 1.54) is 38.5 Å². The normalized spacial score (nSPS) is 23.1. The van der Waals surface area contributed by atoms with Crippen molar-refractivity contribution in [3.8, 4) is 0 Å². The molecular weight excluding hydrogens is 272 g/mol. The zero-order chi connectivity index (χ0) is 14.5. The second kappa shape index (κ2) is 6.98. The summed E-state index contributed by atoms with van der Waals surface area (Å²) in [7, 11) is 0. The molecule has 0 bridgehead atoms. The van der Waals surface area contributed by atoms with Crippen LogP contribution in [0, 0.1) is 5.92 Å². The van der Waals surface area contributed by atoms with Crippen LogP contribution in [0.15, 0.2) is 18.2 Å². The summed E-state index contributed by atoms with van der Waals surface area (Å²) in [6.07, 6.45) is 7.60. The minimum absolute atomic E-state index is 0.379. The monoisotopic (exact) mass is 294 g/mol. The Morgan fingerprint density at radius 3 is 2.80 bits per heavy atom. The Bertz CT molecular complexity index is 476. The van der Waals surface area contributed by atoms with Gasteiger partial charge in [0.2, 0.25) is 5.91 Å². The maximum Gasteiger partial charge on any atom is 0.250 e. The van der Waals surface area contributed by atoms with Crippen LogP contribution in [0.2, 0.25) is 5.02 Å². The van der Waals surface area contributed by atoms with Crippen molar-refractivity contribution in [2.24, 2.45) is 11.7 Å². The Morgan fingerprint density at radius 1 is 1.35 bits per heavy atom. The van der Waals surface area contributed by atoms with Gasteiger partial charge in [-0.05, 0) is 43.4 Å². The highest BCUT2D eigenvalue weighted by Gasteiger charge is 2.18. The summed E-state index contributed by atoms with van der Waals surface area (Å²) in [6, 6.07) is 5.87. The molecule has 1 aliphatic carbocycles. The van der Waals surface area contributed by atoms with Crippen molar-refractivity contribution < 1.29 is 4.79 Å². The van der Waals surface area contributed by atoms with E-state index in [0.717, 1.165) is 11.6 Å². The van der Waals surface area contributed by atoms with Crippen molar-refractivity contribution in [1.82, 2.24) is 0 Å². The molecule has 3 N–H and O–H groups in total. The molecule has 1 amide bonds. The standard InChI is InChI=1S/C16H23ClN2O/c1-2-11-4-3-5-12(7-6-11)19-13-8-9-14(16(18)20)15(17)10-13/h8-12,19H,2-7H2,1H3,(H2,18,20). The number of anilines is 1. The van der Waals surface area contributed by atoms with Crippen LogP contribution in [-0.4, -0.2) is 11.9 Å². The molecule has 0 aromatic heterocycles. The third-order valence-electron chi connectivity index (χ3n) is 4.27. The predicted molar refractivity (Wildman–Crippen MR) is 84.2 cm³/mol. The second-order valence-corrected chi connectivity index (χ2v) is 6.09. The van der Waals surface area contributed by atoms with Crippen molar-refractivity contribution in [1.29, 1.82) is 0 Å². The Hall–Kier alpha value is -1.22. The quantitative estimate of drug-likeness (QED) is 0.817. The SMILES string of the molecule is CCC1CCCC(Nc2ccc(C(N)=O)c(Cl)c2)CC1. The molecule has 2 atom stereocenters. The van der Waals surface area contributed by atoms with Gasteiger partial charge in [0, 0.05) is 11.7 Å².